The van der Waals surface area contributed by atoms with E-state index in [1.807, 2.05) is 39.8 Å². The lowest BCUT2D eigenvalue weighted by molar-refractivity contribution is -0.136. The third kappa shape index (κ3) is 12.3. The van der Waals surface area contributed by atoms with Crippen LogP contribution in [0.1, 0.15) is 58.4 Å². The van der Waals surface area contributed by atoms with Crippen LogP contribution < -0.4 is 16.0 Å². The number of methoxy groups -OCH3 is 2. The Balaban J connectivity index is 0.000000690. The van der Waals surface area contributed by atoms with Gasteiger partial charge in [-0.3, -0.25) is 4.79 Å². The van der Waals surface area contributed by atoms with Gasteiger partial charge in [-0.2, -0.15) is 0 Å². The van der Waals surface area contributed by atoms with Crippen LogP contribution in [0.5, 0.6) is 0 Å². The van der Waals surface area contributed by atoms with E-state index in [2.05, 4.69) is 33.0 Å². The third-order valence-corrected chi connectivity index (χ3v) is 7.64. The Bertz CT molecular complexity index is 1370. The zero-order valence-electron chi connectivity index (χ0n) is 28.7. The van der Waals surface area contributed by atoms with Gasteiger partial charge in [-0.1, -0.05) is 52.0 Å². The van der Waals surface area contributed by atoms with E-state index in [1.165, 1.54) is 31.9 Å². The summed E-state index contributed by atoms with van der Waals surface area (Å²) < 4.78 is 33.7. The van der Waals surface area contributed by atoms with Crippen LogP contribution in [0.4, 0.5) is 24.1 Å². The van der Waals surface area contributed by atoms with Crippen molar-refractivity contribution in [3.8, 4) is 0 Å². The number of ether oxygens (including phenoxy) is 2. The second-order valence-electron chi connectivity index (χ2n) is 11.3. The van der Waals surface area contributed by atoms with Crippen LogP contribution in [0.2, 0.25) is 0 Å². The number of carbonyl (C=O) groups is 4. The van der Waals surface area contributed by atoms with Crippen LogP contribution in [0.15, 0.2) is 59.8 Å². The topological polar surface area (TPSA) is 129 Å². The first-order valence-electron chi connectivity index (χ1n) is 16.2. The normalized spacial score (nSPS) is 15.0. The van der Waals surface area contributed by atoms with Crippen LogP contribution >= 0.6 is 0 Å². The lowest BCUT2D eigenvalue weighted by Crippen LogP contribution is -2.54. The maximum atomic E-state index is 12.6. The van der Waals surface area contributed by atoms with Gasteiger partial charge in [0, 0.05) is 25.3 Å². The molecule has 2 aromatic rings. The molecule has 2 aliphatic heterocycles. The summed E-state index contributed by atoms with van der Waals surface area (Å²) in [6.07, 6.45) is 2.78. The smallest absolute Gasteiger partial charge is 0.337 e. The number of nitrogens with zero attached hydrogens (tertiary/aromatic N) is 2. The molecule has 0 spiro atoms. The van der Waals surface area contributed by atoms with Crippen molar-refractivity contribution >= 4 is 29.6 Å². The molecule has 2 aromatic carbocycles. The molecule has 13 heteroatoms. The molecule has 1 saturated heterocycles. The van der Waals surface area contributed by atoms with Crippen molar-refractivity contribution in [2.45, 2.75) is 52.9 Å². The van der Waals surface area contributed by atoms with Crippen molar-refractivity contribution in [1.82, 2.24) is 20.4 Å². The van der Waals surface area contributed by atoms with Gasteiger partial charge in [0.15, 0.2) is 11.6 Å². The van der Waals surface area contributed by atoms with Gasteiger partial charge < -0.3 is 30.3 Å². The molecule has 0 bridgehead atoms. The van der Waals surface area contributed by atoms with Gasteiger partial charge in [-0.05, 0) is 74.6 Å². The molecule has 2 aliphatic rings. The van der Waals surface area contributed by atoms with Gasteiger partial charge in [-0.25, -0.2) is 28.1 Å². The van der Waals surface area contributed by atoms with Crippen molar-refractivity contribution in [2.75, 3.05) is 58.9 Å². The maximum Gasteiger partial charge on any atom is 0.337 e. The minimum absolute atomic E-state index is 0.0150. The fraction of sp³-hybridized carbons (Fsp3) is 0.486. The summed E-state index contributed by atoms with van der Waals surface area (Å²) in [6, 6.07) is 12.0. The van der Waals surface area contributed by atoms with Crippen molar-refractivity contribution < 1.29 is 37.4 Å². The van der Waals surface area contributed by atoms with E-state index in [0.29, 0.717) is 18.2 Å². The van der Waals surface area contributed by atoms with Gasteiger partial charge >= 0.3 is 18.0 Å². The summed E-state index contributed by atoms with van der Waals surface area (Å²) in [7, 11) is 2.69. The summed E-state index contributed by atoms with van der Waals surface area (Å²) in [5.74, 6) is -1.82. The fourth-order valence-corrected chi connectivity index (χ4v) is 5.02. The highest BCUT2D eigenvalue weighted by molar-refractivity contribution is 6.00. The number of nitrogens with one attached hydrogen (secondary N) is 3. The minimum Gasteiger partial charge on any atom is -0.466 e. The Morgan fingerprint density at radius 2 is 1.65 bits per heavy atom. The molecule has 11 nitrogen and oxygen atoms in total. The molecule has 0 unspecified atom stereocenters. The average molecular weight is 674 g/mol. The van der Waals surface area contributed by atoms with Gasteiger partial charge in [0.05, 0.1) is 31.5 Å². The van der Waals surface area contributed by atoms with Crippen LogP contribution in [0.3, 0.4) is 0 Å². The summed E-state index contributed by atoms with van der Waals surface area (Å²) in [5.41, 5.74) is 2.56. The third-order valence-electron chi connectivity index (χ3n) is 7.64. The van der Waals surface area contributed by atoms with E-state index in [4.69, 9.17) is 9.47 Å². The van der Waals surface area contributed by atoms with Gasteiger partial charge in [-0.15, -0.1) is 0 Å². The number of halogens is 2. The number of rotatable bonds is 10. The molecule has 0 aromatic heterocycles. The number of likely N-dealkylation sites (tertiary alicyclic amines) is 1. The number of imide groups is 1. The predicted octanol–water partition coefficient (Wildman–Crippen LogP) is 5.65. The average Bonchev–Trinajstić information content (AvgIpc) is 3.09. The van der Waals surface area contributed by atoms with Crippen LogP contribution in [-0.4, -0.2) is 87.3 Å². The fourth-order valence-electron chi connectivity index (χ4n) is 5.02. The van der Waals surface area contributed by atoms with E-state index in [9.17, 15) is 28.0 Å². The van der Waals surface area contributed by atoms with E-state index in [-0.39, 0.29) is 30.5 Å². The van der Waals surface area contributed by atoms with Crippen molar-refractivity contribution in [3.63, 3.8) is 0 Å². The van der Waals surface area contributed by atoms with Crippen molar-refractivity contribution in [3.05, 3.63) is 77.0 Å². The van der Waals surface area contributed by atoms with Crippen molar-refractivity contribution in [2.24, 2.45) is 5.92 Å². The number of hydrogen-bond donors (Lipinski definition) is 3. The molecule has 0 aliphatic carbocycles. The van der Waals surface area contributed by atoms with Crippen LogP contribution in [0.25, 0.3) is 0 Å². The number of urea groups is 2. The first kappa shape index (κ1) is 39.8. The summed E-state index contributed by atoms with van der Waals surface area (Å²) in [4.78, 5) is 52.4. The Kier molecular flexibility index (Phi) is 17.2. The SMILES string of the molecule is CC.COCC1=C(C(=O)OC)CN(C(=O)NCCCN2CCC(c3cccc(NC(=O)C(C)C)c3)CC2)C(=O)N1.Fc1ccccc1F. The Labute approximate surface area is 282 Å². The number of esters is 1. The summed E-state index contributed by atoms with van der Waals surface area (Å²) in [5, 5.41) is 8.29. The van der Waals surface area contributed by atoms with E-state index in [0.717, 1.165) is 61.6 Å². The lowest BCUT2D eigenvalue weighted by Gasteiger charge is -2.32. The quantitative estimate of drug-likeness (QED) is 0.220. The molecule has 0 radical (unpaired) electrons. The summed E-state index contributed by atoms with van der Waals surface area (Å²) >= 11 is 0. The molecule has 5 amide bonds. The number of amides is 5. The van der Waals surface area contributed by atoms with E-state index < -0.39 is 29.7 Å². The highest BCUT2D eigenvalue weighted by atomic mass is 19.2. The van der Waals surface area contributed by atoms with Crippen LogP contribution in [0, 0.1) is 17.6 Å². The number of carbonyl (C=O) groups excluding carboxylic acids is 4. The zero-order valence-corrected chi connectivity index (χ0v) is 28.7. The maximum absolute atomic E-state index is 12.6. The highest BCUT2D eigenvalue weighted by Gasteiger charge is 2.33. The minimum atomic E-state index is -0.799. The van der Waals surface area contributed by atoms with Crippen LogP contribution in [-0.2, 0) is 19.1 Å². The first-order chi connectivity index (χ1) is 23.0. The predicted molar refractivity (Wildman–Crippen MR) is 180 cm³/mol. The number of piperidine rings is 1. The van der Waals surface area contributed by atoms with E-state index in [1.54, 1.807) is 0 Å². The largest absolute Gasteiger partial charge is 0.466 e. The second kappa shape index (κ2) is 20.8. The second-order valence-corrected chi connectivity index (χ2v) is 11.3. The summed E-state index contributed by atoms with van der Waals surface area (Å²) in [6.45, 7) is 10.7. The van der Waals surface area contributed by atoms with Gasteiger partial charge in [0.25, 0.3) is 0 Å². The molecule has 0 saturated carbocycles. The first-order valence-corrected chi connectivity index (χ1v) is 16.2. The molecular weight excluding hydrogens is 624 g/mol. The molecule has 4 rings (SSSR count). The van der Waals surface area contributed by atoms with Crippen molar-refractivity contribution in [1.29, 1.82) is 0 Å². The number of benzene rings is 2. The Morgan fingerprint density at radius 3 is 2.21 bits per heavy atom. The lowest BCUT2D eigenvalue weighted by atomic mass is 9.89. The molecular formula is C35H49F2N5O6. The molecule has 3 N–H and O–H groups in total. The number of hydrogen-bond acceptors (Lipinski definition) is 7. The molecule has 2 heterocycles. The van der Waals surface area contributed by atoms with E-state index >= 15 is 0 Å². The molecule has 264 valence electrons. The standard InChI is InChI=1S/C27H39N5O6.C6H4F2.C2H6/c1-18(2)24(33)29-21-8-5-7-20(15-21)19-9-13-31(14-10-19)12-6-11-28-26(35)32-16-22(25(34)38-4)23(17-37-3)30-27(32)36;7-5-3-1-2-4-6(5)8;1-2/h5,7-8,15,18-19H,6,9-14,16-17H2,1-4H3,(H,28,35)(H,29,33)(H,30,36);1-4H;1-2H3. The molecule has 48 heavy (non-hydrogen) atoms. The number of anilines is 1. The Hall–Kier alpha value is -4.36. The van der Waals surface area contributed by atoms with Gasteiger partial charge in [0.2, 0.25) is 5.91 Å². The highest BCUT2D eigenvalue weighted by Crippen LogP contribution is 2.29. The monoisotopic (exact) mass is 673 g/mol. The zero-order chi connectivity index (χ0) is 35.6. The van der Waals surface area contributed by atoms with Gasteiger partial charge in [0.1, 0.15) is 0 Å². The molecule has 0 atom stereocenters. The Morgan fingerprint density at radius 1 is 1.00 bits per heavy atom. The molecule has 1 fully saturated rings.